The first kappa shape index (κ1) is 13.2. The van der Waals surface area contributed by atoms with Crippen molar-refractivity contribution in [2.75, 3.05) is 19.6 Å². The smallest absolute Gasteiger partial charge is 0.275 e. The Morgan fingerprint density at radius 2 is 2.15 bits per heavy atom. The minimum atomic E-state index is -0.0457. The summed E-state index contributed by atoms with van der Waals surface area (Å²) in [6.07, 6.45) is 1.53. The van der Waals surface area contributed by atoms with E-state index in [9.17, 15) is 4.79 Å². The first-order chi connectivity index (χ1) is 9.79. The number of hydrogen-bond acceptors (Lipinski definition) is 5. The van der Waals surface area contributed by atoms with Gasteiger partial charge in [0, 0.05) is 19.0 Å². The van der Waals surface area contributed by atoms with Crippen molar-refractivity contribution in [3.8, 4) is 0 Å². The molecule has 6 heteroatoms. The van der Waals surface area contributed by atoms with Crippen LogP contribution in [0, 0.1) is 5.92 Å². The van der Waals surface area contributed by atoms with Gasteiger partial charge < -0.3 is 10.6 Å². The molecule has 2 atom stereocenters. The summed E-state index contributed by atoms with van der Waals surface area (Å²) in [5, 5.41) is 0. The van der Waals surface area contributed by atoms with E-state index in [1.54, 1.807) is 0 Å². The molecule has 1 aliphatic heterocycles. The number of rotatable bonds is 3. The van der Waals surface area contributed by atoms with Gasteiger partial charge in [-0.05, 0) is 18.0 Å². The van der Waals surface area contributed by atoms with Crippen molar-refractivity contribution in [3.63, 3.8) is 0 Å². The third-order valence-electron chi connectivity index (χ3n) is 3.84. The predicted molar refractivity (Wildman–Crippen MR) is 77.5 cm³/mol. The summed E-state index contributed by atoms with van der Waals surface area (Å²) in [7, 11) is 0. The highest BCUT2D eigenvalue weighted by Crippen LogP contribution is 2.32. The number of amides is 1. The van der Waals surface area contributed by atoms with Gasteiger partial charge in [-0.25, -0.2) is 0 Å². The summed E-state index contributed by atoms with van der Waals surface area (Å²) in [6.45, 7) is 1.97. The fraction of sp³-hybridized carbons (Fsp3) is 0.357. The lowest BCUT2D eigenvalue weighted by Gasteiger charge is -2.16. The number of carbonyl (C=O) groups is 1. The van der Waals surface area contributed by atoms with Crippen LogP contribution in [0.25, 0.3) is 0 Å². The van der Waals surface area contributed by atoms with Crippen molar-refractivity contribution in [1.82, 2.24) is 13.6 Å². The van der Waals surface area contributed by atoms with Crippen molar-refractivity contribution in [2.24, 2.45) is 11.7 Å². The highest BCUT2D eigenvalue weighted by molar-refractivity contribution is 6.99. The van der Waals surface area contributed by atoms with Crippen LogP contribution in [0.3, 0.4) is 0 Å². The Hall–Kier alpha value is -1.79. The van der Waals surface area contributed by atoms with Gasteiger partial charge >= 0.3 is 0 Å². The molecule has 2 N–H and O–H groups in total. The highest BCUT2D eigenvalue weighted by atomic mass is 32.1. The van der Waals surface area contributed by atoms with Gasteiger partial charge in [0.25, 0.3) is 5.91 Å². The maximum Gasteiger partial charge on any atom is 0.275 e. The molecular weight excluding hydrogens is 272 g/mol. The Morgan fingerprint density at radius 3 is 2.80 bits per heavy atom. The number of likely N-dealkylation sites (tertiary alicyclic amines) is 1. The number of aromatic nitrogens is 2. The van der Waals surface area contributed by atoms with Crippen molar-refractivity contribution < 1.29 is 4.79 Å². The first-order valence-corrected chi connectivity index (χ1v) is 7.34. The zero-order valence-electron chi connectivity index (χ0n) is 11.0. The van der Waals surface area contributed by atoms with Crippen LogP contribution in [-0.2, 0) is 0 Å². The molecule has 1 aromatic carbocycles. The molecule has 5 nitrogen and oxygen atoms in total. The maximum absolute atomic E-state index is 12.3. The molecule has 1 amide bonds. The second kappa shape index (κ2) is 5.68. The zero-order valence-corrected chi connectivity index (χ0v) is 11.8. The molecule has 0 radical (unpaired) electrons. The van der Waals surface area contributed by atoms with Gasteiger partial charge in [-0.15, -0.1) is 0 Å². The molecule has 3 rings (SSSR count). The average Bonchev–Trinajstić information content (AvgIpc) is 3.17. The van der Waals surface area contributed by atoms with E-state index in [4.69, 9.17) is 5.73 Å². The van der Waals surface area contributed by atoms with Gasteiger partial charge in [0.15, 0.2) is 5.69 Å². The van der Waals surface area contributed by atoms with E-state index in [1.807, 2.05) is 23.1 Å². The summed E-state index contributed by atoms with van der Waals surface area (Å²) in [6, 6.07) is 10.3. The Morgan fingerprint density at radius 1 is 1.35 bits per heavy atom. The fourth-order valence-corrected chi connectivity index (χ4v) is 3.18. The van der Waals surface area contributed by atoms with E-state index in [0.29, 0.717) is 37.2 Å². The molecule has 0 saturated carbocycles. The van der Waals surface area contributed by atoms with Crippen LogP contribution in [0.4, 0.5) is 0 Å². The molecule has 0 unspecified atom stereocenters. The quantitative estimate of drug-likeness (QED) is 0.925. The van der Waals surface area contributed by atoms with Gasteiger partial charge in [0.1, 0.15) is 0 Å². The van der Waals surface area contributed by atoms with E-state index < -0.39 is 0 Å². The third-order valence-corrected chi connectivity index (χ3v) is 4.32. The van der Waals surface area contributed by atoms with Gasteiger partial charge in [0.05, 0.1) is 17.9 Å². The molecule has 2 aromatic rings. The number of nitrogens with two attached hydrogens (primary N) is 1. The molecule has 1 saturated heterocycles. The molecule has 104 valence electrons. The van der Waals surface area contributed by atoms with Gasteiger partial charge in [-0.3, -0.25) is 4.79 Å². The van der Waals surface area contributed by atoms with E-state index >= 15 is 0 Å². The Kier molecular flexibility index (Phi) is 3.75. The van der Waals surface area contributed by atoms with Crippen molar-refractivity contribution >= 4 is 17.6 Å². The van der Waals surface area contributed by atoms with E-state index in [0.717, 1.165) is 11.7 Å². The summed E-state index contributed by atoms with van der Waals surface area (Å²) in [5.41, 5.74) is 7.55. The number of benzene rings is 1. The summed E-state index contributed by atoms with van der Waals surface area (Å²) >= 11 is 1.06. The van der Waals surface area contributed by atoms with Gasteiger partial charge in [-0.2, -0.15) is 8.75 Å². The third kappa shape index (κ3) is 2.44. The average molecular weight is 288 g/mol. The van der Waals surface area contributed by atoms with Crippen LogP contribution in [-0.4, -0.2) is 39.2 Å². The number of carbonyl (C=O) groups excluding carboxylic acids is 1. The van der Waals surface area contributed by atoms with Crippen molar-refractivity contribution in [1.29, 1.82) is 0 Å². The number of nitrogens with zero attached hydrogens (tertiary/aromatic N) is 3. The lowest BCUT2D eigenvalue weighted by atomic mass is 9.89. The van der Waals surface area contributed by atoms with Crippen LogP contribution in [0.15, 0.2) is 36.5 Å². The van der Waals surface area contributed by atoms with Crippen LogP contribution >= 0.6 is 11.7 Å². The SMILES string of the molecule is NC[C@@H]1CN(C(=O)c2cnsn2)C[C@H]1c1ccccc1. The Labute approximate surface area is 121 Å². The fourth-order valence-electron chi connectivity index (χ4n) is 2.77. The molecule has 0 spiro atoms. The van der Waals surface area contributed by atoms with E-state index in [2.05, 4.69) is 20.9 Å². The zero-order chi connectivity index (χ0) is 13.9. The van der Waals surface area contributed by atoms with E-state index in [-0.39, 0.29) is 5.91 Å². The normalized spacial score (nSPS) is 22.1. The second-order valence-electron chi connectivity index (χ2n) is 5.02. The van der Waals surface area contributed by atoms with Crippen LogP contribution in [0.2, 0.25) is 0 Å². The van der Waals surface area contributed by atoms with Gasteiger partial charge in [0.2, 0.25) is 0 Å². The topological polar surface area (TPSA) is 72.1 Å². The monoisotopic (exact) mass is 288 g/mol. The van der Waals surface area contributed by atoms with Gasteiger partial charge in [-0.1, -0.05) is 30.3 Å². The Balaban J connectivity index is 1.80. The van der Waals surface area contributed by atoms with Crippen molar-refractivity contribution in [2.45, 2.75) is 5.92 Å². The molecule has 1 fully saturated rings. The summed E-state index contributed by atoms with van der Waals surface area (Å²) in [5.74, 6) is 0.556. The molecule has 1 aliphatic rings. The molecule has 0 aliphatic carbocycles. The lowest BCUT2D eigenvalue weighted by molar-refractivity contribution is 0.0781. The van der Waals surface area contributed by atoms with Crippen LogP contribution < -0.4 is 5.73 Å². The minimum absolute atomic E-state index is 0.0457. The molecule has 1 aromatic heterocycles. The van der Waals surface area contributed by atoms with Crippen LogP contribution in [0.1, 0.15) is 22.0 Å². The summed E-state index contributed by atoms with van der Waals surface area (Å²) in [4.78, 5) is 14.2. The molecule has 20 heavy (non-hydrogen) atoms. The molecular formula is C14H16N4OS. The van der Waals surface area contributed by atoms with Crippen molar-refractivity contribution in [3.05, 3.63) is 47.8 Å². The van der Waals surface area contributed by atoms with Crippen LogP contribution in [0.5, 0.6) is 0 Å². The standard InChI is InChI=1S/C14H16N4OS/c15-6-11-8-18(14(19)13-7-16-20-17-13)9-12(11)10-4-2-1-3-5-10/h1-5,7,11-12H,6,8-9,15H2/t11-,12+/m1/s1. The largest absolute Gasteiger partial charge is 0.336 e. The second-order valence-corrected chi connectivity index (χ2v) is 5.57. The minimum Gasteiger partial charge on any atom is -0.336 e. The predicted octanol–water partition coefficient (Wildman–Crippen LogP) is 1.35. The highest BCUT2D eigenvalue weighted by Gasteiger charge is 2.36. The maximum atomic E-state index is 12.3. The first-order valence-electron chi connectivity index (χ1n) is 6.61. The molecule has 2 heterocycles. The Bertz CT molecular complexity index is 572. The lowest BCUT2D eigenvalue weighted by Crippen LogP contribution is -2.30. The van der Waals surface area contributed by atoms with E-state index in [1.165, 1.54) is 11.8 Å². The molecule has 0 bridgehead atoms. The number of hydrogen-bond donors (Lipinski definition) is 1. The summed E-state index contributed by atoms with van der Waals surface area (Å²) < 4.78 is 7.91.